The van der Waals surface area contributed by atoms with Crippen LogP contribution in [0.4, 0.5) is 70.2 Å². The number of alkyl halides is 12. The summed E-state index contributed by atoms with van der Waals surface area (Å²) in [5, 5.41) is 0. The van der Waals surface area contributed by atoms with Crippen molar-refractivity contribution < 1.29 is 127 Å². The number of esters is 4. The first kappa shape index (κ1) is 77.1. The minimum absolute atomic E-state index is 0.00563. The van der Waals surface area contributed by atoms with Gasteiger partial charge in [-0.25, -0.2) is 17.6 Å². The Morgan fingerprint density at radius 2 is 0.390 bits per heavy atom. The summed E-state index contributed by atoms with van der Waals surface area (Å²) in [6.07, 6.45) is -10.8. The van der Waals surface area contributed by atoms with Crippen LogP contribution in [0.2, 0.25) is 0 Å². The van der Waals surface area contributed by atoms with Gasteiger partial charge in [-0.2, -0.15) is 0 Å². The van der Waals surface area contributed by atoms with Gasteiger partial charge in [0.25, 0.3) is 0 Å². The Bertz CT molecular complexity index is 3730. The summed E-state index contributed by atoms with van der Waals surface area (Å²) >= 11 is 0. The largest absolute Gasteiger partial charge is 0.573 e. The van der Waals surface area contributed by atoms with Gasteiger partial charge >= 0.3 is 49.3 Å². The average Bonchev–Trinajstić information content (AvgIpc) is 0.845. The second-order valence-corrected chi connectivity index (χ2v) is 22.0. The minimum atomic E-state index is -4.85. The number of halogens is 16. The maximum atomic E-state index is 14.6. The summed E-state index contributed by atoms with van der Waals surface area (Å²) < 4.78 is 243. The van der Waals surface area contributed by atoms with Crippen molar-refractivity contribution in [2.24, 2.45) is 0 Å². The van der Waals surface area contributed by atoms with Crippen LogP contribution in [0.25, 0.3) is 44.5 Å². The number of unbranched alkanes of at least 4 members (excludes halogenated alkanes) is 10. The maximum Gasteiger partial charge on any atom is 0.573 e. The Morgan fingerprint density at radius 3 is 0.550 bits per heavy atom. The van der Waals surface area contributed by atoms with Crippen molar-refractivity contribution in [2.45, 2.75) is 128 Å². The predicted molar refractivity (Wildman–Crippen MR) is 330 cm³/mol. The van der Waals surface area contributed by atoms with Gasteiger partial charge in [0.15, 0.2) is 0 Å². The van der Waals surface area contributed by atoms with Crippen LogP contribution in [0, 0.1) is 23.3 Å². The number of benzene rings is 8. The first-order chi connectivity index (χ1) is 47.3. The van der Waals surface area contributed by atoms with E-state index in [2.05, 4.69) is 18.9 Å². The lowest BCUT2D eigenvalue weighted by molar-refractivity contribution is -0.275. The van der Waals surface area contributed by atoms with E-state index in [-0.39, 0.29) is 70.9 Å². The third-order valence-electron chi connectivity index (χ3n) is 14.3. The molecule has 0 spiro atoms. The highest BCUT2D eigenvalue weighted by Crippen LogP contribution is 2.36. The van der Waals surface area contributed by atoms with E-state index in [1.54, 1.807) is 0 Å². The quantitative estimate of drug-likeness (QED) is 0.0183. The highest BCUT2D eigenvalue weighted by atomic mass is 19.4. The van der Waals surface area contributed by atoms with Gasteiger partial charge in [-0.05, 0) is 145 Å². The van der Waals surface area contributed by atoms with Crippen LogP contribution >= 0.6 is 0 Å². The first-order valence-electron chi connectivity index (χ1n) is 30.8. The molecule has 0 bridgehead atoms. The highest BCUT2D eigenvalue weighted by Gasteiger charge is 2.34. The Morgan fingerprint density at radius 1 is 0.230 bits per heavy atom. The van der Waals surface area contributed by atoms with Gasteiger partial charge in [-0.15, -0.1) is 52.7 Å². The Hall–Kier alpha value is -10.3. The highest BCUT2D eigenvalue weighted by molar-refractivity contribution is 5.76. The van der Waals surface area contributed by atoms with Crippen molar-refractivity contribution in [1.82, 2.24) is 0 Å². The molecule has 0 aliphatic rings. The molecule has 0 aliphatic heterocycles. The number of rotatable bonds is 30. The molecule has 0 amide bonds. The molecule has 0 radical (unpaired) electrons. The molecule has 0 saturated heterocycles. The lowest BCUT2D eigenvalue weighted by Crippen LogP contribution is -2.16. The molecular formula is C72H60F16O12. The van der Waals surface area contributed by atoms with Crippen molar-refractivity contribution in [3.8, 4) is 90.5 Å². The van der Waals surface area contributed by atoms with Crippen LogP contribution in [-0.4, -0.2) is 49.3 Å². The summed E-state index contributed by atoms with van der Waals surface area (Å²) in [5.41, 5.74) is 1.65. The standard InChI is InChI=1S/C37H32F8O6.C35H28F8O6/c38-32-22-28(18-20-30(32)24-10-14-26(15-11-24)50-36(40,41)42)48-34(46)8-6-4-2-1-3-5-7-9-35(47)49-29-19-21-31(33(39)23-29)25-12-16-27(17-13-25)51-37(43,44)45;36-30-20-26(16-18-28(30)22-8-12-24(13-9-22)48-34(38,39)40)46-32(44)6-4-2-1-3-5-7-33(45)47-27-17-19-29(31(37)21-27)23-10-14-25(15-11-23)49-35(41,42)43/h10-23H,1-9H2;8-21H,1-7H2. The summed E-state index contributed by atoms with van der Waals surface area (Å²) in [5.74, 6) is -6.90. The SMILES string of the molecule is O=C(CCCCCCCC(=O)Oc1ccc(-c2ccc(OC(F)(F)F)cc2)c(F)c1)Oc1ccc(-c2ccc(OC(F)(F)F)cc2)c(F)c1.O=C(CCCCCCCCCC(=O)Oc1ccc(-c2ccc(OC(F)(F)F)cc2)c(F)c1)Oc1ccc(-c2ccc(OC(F)(F)F)cc2)c(F)c1. The van der Waals surface area contributed by atoms with E-state index in [0.717, 1.165) is 105 Å². The molecule has 100 heavy (non-hydrogen) atoms. The smallest absolute Gasteiger partial charge is 0.426 e. The van der Waals surface area contributed by atoms with E-state index in [1.165, 1.54) is 97.1 Å². The molecule has 0 aliphatic carbocycles. The molecule has 28 heteroatoms. The molecule has 8 rings (SSSR count). The van der Waals surface area contributed by atoms with Gasteiger partial charge in [0.1, 0.15) is 69.3 Å². The third kappa shape index (κ3) is 27.2. The van der Waals surface area contributed by atoms with E-state index >= 15 is 0 Å². The predicted octanol–water partition coefficient (Wildman–Crippen LogP) is 21.5. The lowest BCUT2D eigenvalue weighted by atomic mass is 10.0. The van der Waals surface area contributed by atoms with E-state index in [1.807, 2.05) is 0 Å². The number of ether oxygens (including phenoxy) is 8. The Labute approximate surface area is 561 Å². The minimum Gasteiger partial charge on any atom is -0.426 e. The lowest BCUT2D eigenvalue weighted by Gasteiger charge is -2.10. The number of hydrogen-bond donors (Lipinski definition) is 0. The van der Waals surface area contributed by atoms with Crippen molar-refractivity contribution in [1.29, 1.82) is 0 Å². The average molecular weight is 1420 g/mol. The molecule has 0 heterocycles. The fraction of sp³-hybridized carbons (Fsp3) is 0.278. The van der Waals surface area contributed by atoms with Crippen LogP contribution < -0.4 is 37.9 Å². The molecule has 0 atom stereocenters. The van der Waals surface area contributed by atoms with E-state index in [0.29, 0.717) is 67.2 Å². The topological polar surface area (TPSA) is 142 Å². The van der Waals surface area contributed by atoms with Gasteiger partial charge < -0.3 is 37.9 Å². The van der Waals surface area contributed by atoms with Gasteiger partial charge in [0.05, 0.1) is 0 Å². The summed E-state index contributed by atoms with van der Waals surface area (Å²) in [6, 6.07) is 33.7. The summed E-state index contributed by atoms with van der Waals surface area (Å²) in [6.45, 7) is 0. The fourth-order valence-corrected chi connectivity index (χ4v) is 9.74. The van der Waals surface area contributed by atoms with E-state index in [9.17, 15) is 89.4 Å². The zero-order valence-corrected chi connectivity index (χ0v) is 52.4. The molecule has 0 unspecified atom stereocenters. The second kappa shape index (κ2) is 36.0. The van der Waals surface area contributed by atoms with Gasteiger partial charge in [0.2, 0.25) is 0 Å². The zero-order valence-electron chi connectivity index (χ0n) is 52.4. The van der Waals surface area contributed by atoms with Gasteiger partial charge in [-0.1, -0.05) is 99.9 Å². The molecule has 8 aromatic rings. The Kier molecular flexibility index (Phi) is 27.7. The summed E-state index contributed by atoms with van der Waals surface area (Å²) in [4.78, 5) is 48.8. The molecule has 0 aromatic heterocycles. The van der Waals surface area contributed by atoms with Crippen LogP contribution in [0.15, 0.2) is 170 Å². The normalized spacial score (nSPS) is 11.6. The number of carbonyl (C=O) groups excluding carboxylic acids is 4. The zero-order chi connectivity index (χ0) is 72.6. The van der Waals surface area contributed by atoms with Crippen molar-refractivity contribution in [3.63, 3.8) is 0 Å². The van der Waals surface area contributed by atoms with Crippen LogP contribution in [0.1, 0.15) is 103 Å². The second-order valence-electron chi connectivity index (χ2n) is 22.0. The number of hydrogen-bond acceptors (Lipinski definition) is 12. The molecule has 0 N–H and O–H groups in total. The van der Waals surface area contributed by atoms with Crippen LogP contribution in [0.5, 0.6) is 46.0 Å². The third-order valence-corrected chi connectivity index (χ3v) is 14.3. The maximum absolute atomic E-state index is 14.6. The molecule has 8 aromatic carbocycles. The van der Waals surface area contributed by atoms with Crippen molar-refractivity contribution in [2.75, 3.05) is 0 Å². The van der Waals surface area contributed by atoms with Gasteiger partial charge in [0, 0.05) is 72.2 Å². The Balaban J connectivity index is 0.000000281. The monoisotopic (exact) mass is 1420 g/mol. The van der Waals surface area contributed by atoms with Crippen molar-refractivity contribution >= 4 is 23.9 Å². The fourth-order valence-electron chi connectivity index (χ4n) is 9.74. The van der Waals surface area contributed by atoms with E-state index < -0.39 is 95.6 Å². The molecule has 532 valence electrons. The number of carbonyl (C=O) groups is 4. The molecule has 12 nitrogen and oxygen atoms in total. The van der Waals surface area contributed by atoms with Crippen molar-refractivity contribution in [3.05, 3.63) is 193 Å². The molecule has 0 fully saturated rings. The van der Waals surface area contributed by atoms with Gasteiger partial charge in [-0.3, -0.25) is 19.2 Å². The van der Waals surface area contributed by atoms with E-state index in [4.69, 9.17) is 18.9 Å². The molecular weight excluding hydrogens is 1360 g/mol. The summed E-state index contributed by atoms with van der Waals surface area (Å²) in [7, 11) is 0. The van der Waals surface area contributed by atoms with Crippen LogP contribution in [0.3, 0.4) is 0 Å². The van der Waals surface area contributed by atoms with Crippen LogP contribution in [-0.2, 0) is 19.2 Å². The first-order valence-corrected chi connectivity index (χ1v) is 30.8. The molecule has 0 saturated carbocycles.